The molecule has 0 saturated carbocycles. The molecule has 0 aliphatic rings. The predicted octanol–water partition coefficient (Wildman–Crippen LogP) is 2.54. The van der Waals surface area contributed by atoms with Gasteiger partial charge in [0.2, 0.25) is 0 Å². The fourth-order valence-electron chi connectivity index (χ4n) is 1.81. The Balaban J connectivity index is 2.53. The molecule has 0 spiro atoms. The minimum Gasteiger partial charge on any atom is -0.497 e. The van der Waals surface area contributed by atoms with Gasteiger partial charge < -0.3 is 20.9 Å². The van der Waals surface area contributed by atoms with Gasteiger partial charge in [0.05, 0.1) is 14.2 Å². The van der Waals surface area contributed by atoms with Crippen LogP contribution in [0.4, 0.5) is 11.4 Å². The quantitative estimate of drug-likeness (QED) is 0.814. The summed E-state index contributed by atoms with van der Waals surface area (Å²) in [5.74, 6) is 1.43. The minimum absolute atomic E-state index is 0.644. The van der Waals surface area contributed by atoms with Crippen LogP contribution in [-0.4, -0.2) is 14.2 Å². The largest absolute Gasteiger partial charge is 0.497 e. The third-order valence-corrected chi connectivity index (χ3v) is 2.66. The van der Waals surface area contributed by atoms with Crippen molar-refractivity contribution < 1.29 is 9.47 Å². The van der Waals surface area contributed by atoms with E-state index in [4.69, 9.17) is 20.9 Å². The topological polar surface area (TPSA) is 70.5 Å². The van der Waals surface area contributed by atoms with Crippen LogP contribution in [0.1, 0.15) is 0 Å². The molecule has 2 aromatic carbocycles. The maximum atomic E-state index is 5.84. The van der Waals surface area contributed by atoms with Crippen molar-refractivity contribution in [3.8, 4) is 22.6 Å². The van der Waals surface area contributed by atoms with Gasteiger partial charge in [-0.3, -0.25) is 0 Å². The Morgan fingerprint density at radius 1 is 0.667 bits per heavy atom. The first-order chi connectivity index (χ1) is 8.62. The average molecular weight is 244 g/mol. The van der Waals surface area contributed by atoms with Gasteiger partial charge in [-0.2, -0.15) is 0 Å². The molecule has 4 nitrogen and oxygen atoms in total. The highest BCUT2D eigenvalue weighted by atomic mass is 16.5. The van der Waals surface area contributed by atoms with Crippen LogP contribution < -0.4 is 20.9 Å². The Labute approximate surface area is 106 Å². The SMILES string of the molecule is COc1cc(N)cc(-c2cc(N)cc(OC)c2)c1. The number of rotatable bonds is 3. The average Bonchev–Trinajstić information content (AvgIpc) is 2.37. The van der Waals surface area contributed by atoms with Crippen LogP contribution in [0.5, 0.6) is 11.5 Å². The molecule has 18 heavy (non-hydrogen) atoms. The lowest BCUT2D eigenvalue weighted by molar-refractivity contribution is 0.414. The molecule has 2 aromatic rings. The third-order valence-electron chi connectivity index (χ3n) is 2.66. The van der Waals surface area contributed by atoms with Crippen molar-refractivity contribution in [1.82, 2.24) is 0 Å². The van der Waals surface area contributed by atoms with Crippen molar-refractivity contribution in [3.05, 3.63) is 36.4 Å². The lowest BCUT2D eigenvalue weighted by Gasteiger charge is -2.09. The molecular weight excluding hydrogens is 228 g/mol. The second-order valence-corrected chi connectivity index (χ2v) is 3.99. The van der Waals surface area contributed by atoms with Gasteiger partial charge in [0, 0.05) is 23.5 Å². The summed E-state index contributed by atoms with van der Waals surface area (Å²) in [6, 6.07) is 11.1. The van der Waals surface area contributed by atoms with Gasteiger partial charge in [-0.05, 0) is 35.4 Å². The number of nitrogen functional groups attached to an aromatic ring is 2. The zero-order chi connectivity index (χ0) is 13.1. The molecule has 0 radical (unpaired) electrons. The number of ether oxygens (including phenoxy) is 2. The third kappa shape index (κ3) is 2.48. The number of methoxy groups -OCH3 is 2. The molecule has 94 valence electrons. The van der Waals surface area contributed by atoms with E-state index < -0.39 is 0 Å². The standard InChI is InChI=1S/C14H16N2O2/c1-17-13-5-9(3-11(15)7-13)10-4-12(16)8-14(6-10)18-2/h3-8H,15-16H2,1-2H3. The molecule has 0 unspecified atom stereocenters. The molecule has 0 atom stereocenters. The Morgan fingerprint density at radius 3 is 1.39 bits per heavy atom. The maximum absolute atomic E-state index is 5.84. The number of benzene rings is 2. The molecule has 0 fully saturated rings. The highest BCUT2D eigenvalue weighted by Crippen LogP contribution is 2.31. The first-order valence-electron chi connectivity index (χ1n) is 5.52. The highest BCUT2D eigenvalue weighted by Gasteiger charge is 2.05. The van der Waals surface area contributed by atoms with Crippen molar-refractivity contribution in [2.45, 2.75) is 0 Å². The summed E-state index contributed by atoms with van der Waals surface area (Å²) >= 11 is 0. The monoisotopic (exact) mass is 244 g/mol. The summed E-state index contributed by atoms with van der Waals surface area (Å²) < 4.78 is 10.4. The molecule has 0 heterocycles. The van der Waals surface area contributed by atoms with Crippen LogP contribution in [0, 0.1) is 0 Å². The summed E-state index contributed by atoms with van der Waals surface area (Å²) in [5, 5.41) is 0. The molecule has 0 aromatic heterocycles. The van der Waals surface area contributed by atoms with Crippen LogP contribution in [0.25, 0.3) is 11.1 Å². The van der Waals surface area contributed by atoms with E-state index in [-0.39, 0.29) is 0 Å². The van der Waals surface area contributed by atoms with E-state index in [9.17, 15) is 0 Å². The normalized spacial score (nSPS) is 10.1. The van der Waals surface area contributed by atoms with Crippen molar-refractivity contribution in [3.63, 3.8) is 0 Å². The van der Waals surface area contributed by atoms with E-state index in [0.717, 1.165) is 11.1 Å². The Bertz CT molecular complexity index is 516. The molecule has 4 heteroatoms. The fraction of sp³-hybridized carbons (Fsp3) is 0.143. The second-order valence-electron chi connectivity index (χ2n) is 3.99. The van der Waals surface area contributed by atoms with Gasteiger partial charge in [-0.25, -0.2) is 0 Å². The zero-order valence-electron chi connectivity index (χ0n) is 10.4. The number of hydrogen-bond acceptors (Lipinski definition) is 4. The van der Waals surface area contributed by atoms with E-state index >= 15 is 0 Å². The van der Waals surface area contributed by atoms with Crippen molar-refractivity contribution >= 4 is 11.4 Å². The van der Waals surface area contributed by atoms with Gasteiger partial charge >= 0.3 is 0 Å². The van der Waals surface area contributed by atoms with E-state index in [1.807, 2.05) is 24.3 Å². The summed E-state index contributed by atoms with van der Waals surface area (Å²) in [4.78, 5) is 0. The molecule has 2 rings (SSSR count). The number of anilines is 2. The van der Waals surface area contributed by atoms with Crippen LogP contribution in [0.3, 0.4) is 0 Å². The lowest BCUT2D eigenvalue weighted by atomic mass is 10.0. The first-order valence-corrected chi connectivity index (χ1v) is 5.52. The summed E-state index contributed by atoms with van der Waals surface area (Å²) in [7, 11) is 3.22. The van der Waals surface area contributed by atoms with Gasteiger partial charge in [0.15, 0.2) is 0 Å². The van der Waals surface area contributed by atoms with Crippen molar-refractivity contribution in [2.24, 2.45) is 0 Å². The van der Waals surface area contributed by atoms with Gasteiger partial charge in [0.25, 0.3) is 0 Å². The summed E-state index contributed by atoms with van der Waals surface area (Å²) in [6.07, 6.45) is 0. The Kier molecular flexibility index (Phi) is 3.28. The minimum atomic E-state index is 0.644. The summed E-state index contributed by atoms with van der Waals surface area (Å²) in [5.41, 5.74) is 14.8. The van der Waals surface area contributed by atoms with E-state index in [1.54, 1.807) is 26.4 Å². The molecule has 0 amide bonds. The van der Waals surface area contributed by atoms with Crippen molar-refractivity contribution in [2.75, 3.05) is 25.7 Å². The maximum Gasteiger partial charge on any atom is 0.121 e. The predicted molar refractivity (Wildman–Crippen MR) is 73.8 cm³/mol. The lowest BCUT2D eigenvalue weighted by Crippen LogP contribution is -1.92. The van der Waals surface area contributed by atoms with E-state index in [0.29, 0.717) is 22.9 Å². The zero-order valence-corrected chi connectivity index (χ0v) is 10.4. The van der Waals surface area contributed by atoms with E-state index in [1.165, 1.54) is 0 Å². The van der Waals surface area contributed by atoms with Gasteiger partial charge in [0.1, 0.15) is 11.5 Å². The molecule has 0 aliphatic carbocycles. The van der Waals surface area contributed by atoms with Crippen LogP contribution in [0.15, 0.2) is 36.4 Å². The fourth-order valence-corrected chi connectivity index (χ4v) is 1.81. The van der Waals surface area contributed by atoms with Gasteiger partial charge in [-0.15, -0.1) is 0 Å². The van der Waals surface area contributed by atoms with Crippen LogP contribution in [0.2, 0.25) is 0 Å². The molecule has 0 aliphatic heterocycles. The molecule has 0 saturated heterocycles. The number of nitrogens with two attached hydrogens (primary N) is 2. The van der Waals surface area contributed by atoms with Crippen LogP contribution >= 0.6 is 0 Å². The second kappa shape index (κ2) is 4.87. The molecular formula is C14H16N2O2. The highest BCUT2D eigenvalue weighted by molar-refractivity contribution is 5.73. The van der Waals surface area contributed by atoms with E-state index in [2.05, 4.69) is 0 Å². The molecule has 4 N–H and O–H groups in total. The van der Waals surface area contributed by atoms with Crippen LogP contribution in [-0.2, 0) is 0 Å². The smallest absolute Gasteiger partial charge is 0.121 e. The Hall–Kier alpha value is -2.36. The molecule has 0 bridgehead atoms. The van der Waals surface area contributed by atoms with Gasteiger partial charge in [-0.1, -0.05) is 0 Å². The first kappa shape index (κ1) is 12.1. The number of hydrogen-bond donors (Lipinski definition) is 2. The Morgan fingerprint density at radius 2 is 1.06 bits per heavy atom. The summed E-state index contributed by atoms with van der Waals surface area (Å²) in [6.45, 7) is 0. The van der Waals surface area contributed by atoms with Crippen molar-refractivity contribution in [1.29, 1.82) is 0 Å².